The van der Waals surface area contributed by atoms with Crippen molar-refractivity contribution in [3.63, 3.8) is 0 Å². The van der Waals surface area contributed by atoms with E-state index >= 15 is 0 Å². The lowest BCUT2D eigenvalue weighted by Gasteiger charge is -2.10. The van der Waals surface area contributed by atoms with Gasteiger partial charge in [-0.1, -0.05) is 18.2 Å². The van der Waals surface area contributed by atoms with E-state index in [4.69, 9.17) is 4.74 Å². The lowest BCUT2D eigenvalue weighted by molar-refractivity contribution is -0.119. The van der Waals surface area contributed by atoms with Gasteiger partial charge in [0, 0.05) is 11.3 Å². The maximum atomic E-state index is 12.0. The summed E-state index contributed by atoms with van der Waals surface area (Å²) in [6.45, 7) is 1.27. The van der Waals surface area contributed by atoms with E-state index < -0.39 is 24.5 Å². The van der Waals surface area contributed by atoms with Crippen molar-refractivity contribution in [1.29, 1.82) is 0 Å². The van der Waals surface area contributed by atoms with E-state index in [1.807, 2.05) is 0 Å². The summed E-state index contributed by atoms with van der Waals surface area (Å²) < 4.78 is 9.58. The van der Waals surface area contributed by atoms with Crippen molar-refractivity contribution in [3.05, 3.63) is 64.7 Å². The number of benzene rings is 2. The molecule has 0 aliphatic heterocycles. The molecule has 0 aliphatic carbocycles. The third-order valence-corrected chi connectivity index (χ3v) is 3.55. The highest BCUT2D eigenvalue weighted by molar-refractivity contribution is 5.97. The Labute approximate surface area is 149 Å². The van der Waals surface area contributed by atoms with Crippen molar-refractivity contribution >= 4 is 29.8 Å². The van der Waals surface area contributed by atoms with Gasteiger partial charge in [-0.2, -0.15) is 0 Å². The molecule has 0 radical (unpaired) electrons. The molecule has 7 heteroatoms. The van der Waals surface area contributed by atoms with Crippen LogP contribution in [0.4, 0.5) is 5.69 Å². The zero-order valence-corrected chi connectivity index (χ0v) is 14.3. The van der Waals surface area contributed by atoms with Gasteiger partial charge >= 0.3 is 11.9 Å². The molecule has 134 valence electrons. The lowest BCUT2D eigenvalue weighted by atomic mass is 10.1. The fourth-order valence-corrected chi connectivity index (χ4v) is 2.10. The molecule has 0 spiro atoms. The van der Waals surface area contributed by atoms with Crippen LogP contribution in [-0.2, 0) is 14.3 Å². The minimum absolute atomic E-state index is 0.229. The normalized spacial score (nSPS) is 9.92. The number of esters is 2. The number of carbonyl (C=O) groups excluding carboxylic acids is 4. The summed E-state index contributed by atoms with van der Waals surface area (Å²) in [5, 5.41) is 2.58. The van der Waals surface area contributed by atoms with E-state index in [-0.39, 0.29) is 5.56 Å². The third-order valence-electron chi connectivity index (χ3n) is 3.55. The molecule has 0 unspecified atom stereocenters. The van der Waals surface area contributed by atoms with Gasteiger partial charge < -0.3 is 14.8 Å². The van der Waals surface area contributed by atoms with Crippen LogP contribution < -0.4 is 5.32 Å². The van der Waals surface area contributed by atoms with Gasteiger partial charge in [-0.15, -0.1) is 0 Å². The highest BCUT2D eigenvalue weighted by atomic mass is 16.5. The number of ether oxygens (including phenoxy) is 2. The second-order valence-corrected chi connectivity index (χ2v) is 5.39. The maximum absolute atomic E-state index is 12.0. The summed E-state index contributed by atoms with van der Waals surface area (Å²) in [4.78, 5) is 46.0. The molecule has 0 fully saturated rings. The van der Waals surface area contributed by atoms with Crippen LogP contribution in [0, 0.1) is 6.92 Å². The minimum Gasteiger partial charge on any atom is -0.465 e. The molecule has 1 amide bonds. The minimum atomic E-state index is -0.683. The standard InChI is InChI=1S/C19H17NO6/c1-12-3-6-15(18(23)25-2)9-16(12)20-17(22)11-26-19(24)14-7-4-13(10-21)5-8-14/h3-10H,11H2,1-2H3,(H,20,22). The molecule has 0 saturated carbocycles. The van der Waals surface area contributed by atoms with Crippen LogP contribution in [0.5, 0.6) is 0 Å². The van der Waals surface area contributed by atoms with Gasteiger partial charge in [-0.3, -0.25) is 9.59 Å². The van der Waals surface area contributed by atoms with Crippen LogP contribution in [0.3, 0.4) is 0 Å². The average Bonchev–Trinajstić information content (AvgIpc) is 2.67. The van der Waals surface area contributed by atoms with E-state index in [1.165, 1.54) is 37.4 Å². The highest BCUT2D eigenvalue weighted by Gasteiger charge is 2.13. The van der Waals surface area contributed by atoms with Crippen LogP contribution in [0.1, 0.15) is 36.6 Å². The summed E-state index contributed by atoms with van der Waals surface area (Å²) in [7, 11) is 1.27. The Morgan fingerprint density at radius 1 is 1.00 bits per heavy atom. The number of amides is 1. The Kier molecular flexibility index (Phi) is 6.21. The van der Waals surface area contributed by atoms with Crippen LogP contribution in [0.15, 0.2) is 42.5 Å². The van der Waals surface area contributed by atoms with Crippen molar-refractivity contribution in [1.82, 2.24) is 0 Å². The van der Waals surface area contributed by atoms with Gasteiger partial charge in [0.25, 0.3) is 5.91 Å². The van der Waals surface area contributed by atoms with E-state index in [0.29, 0.717) is 23.1 Å². The van der Waals surface area contributed by atoms with Crippen LogP contribution in [-0.4, -0.2) is 37.8 Å². The van der Waals surface area contributed by atoms with Crippen molar-refractivity contribution < 1.29 is 28.7 Å². The first-order valence-electron chi connectivity index (χ1n) is 7.65. The zero-order valence-electron chi connectivity index (χ0n) is 14.3. The fraction of sp³-hybridized carbons (Fsp3) is 0.158. The number of nitrogens with one attached hydrogen (secondary N) is 1. The SMILES string of the molecule is COC(=O)c1ccc(C)c(NC(=O)COC(=O)c2ccc(C=O)cc2)c1. The second kappa shape index (κ2) is 8.57. The number of methoxy groups -OCH3 is 1. The number of aldehydes is 1. The van der Waals surface area contributed by atoms with Crippen LogP contribution in [0.2, 0.25) is 0 Å². The van der Waals surface area contributed by atoms with Gasteiger partial charge in [0.1, 0.15) is 6.29 Å². The van der Waals surface area contributed by atoms with E-state index in [1.54, 1.807) is 19.1 Å². The van der Waals surface area contributed by atoms with Gasteiger partial charge in [0.05, 0.1) is 18.2 Å². The molecule has 0 heterocycles. The number of anilines is 1. The molecule has 0 bridgehead atoms. The predicted molar refractivity (Wildman–Crippen MR) is 93.3 cm³/mol. The number of aryl methyl sites for hydroxylation is 1. The molecular weight excluding hydrogens is 338 g/mol. The first-order chi connectivity index (χ1) is 12.4. The summed E-state index contributed by atoms with van der Waals surface area (Å²) >= 11 is 0. The third kappa shape index (κ3) is 4.76. The Bertz CT molecular complexity index is 842. The van der Waals surface area contributed by atoms with E-state index in [9.17, 15) is 19.2 Å². The smallest absolute Gasteiger partial charge is 0.338 e. The van der Waals surface area contributed by atoms with E-state index in [2.05, 4.69) is 10.1 Å². The number of hydrogen-bond donors (Lipinski definition) is 1. The molecule has 0 saturated heterocycles. The van der Waals surface area contributed by atoms with Crippen LogP contribution >= 0.6 is 0 Å². The topological polar surface area (TPSA) is 98.8 Å². The monoisotopic (exact) mass is 355 g/mol. The first kappa shape index (κ1) is 18.9. The summed E-state index contributed by atoms with van der Waals surface area (Å²) in [6.07, 6.45) is 0.660. The Balaban J connectivity index is 1.97. The van der Waals surface area contributed by atoms with Gasteiger partial charge in [-0.25, -0.2) is 9.59 Å². The van der Waals surface area contributed by atoms with Gasteiger partial charge in [0.15, 0.2) is 6.61 Å². The predicted octanol–water partition coefficient (Wildman–Crippen LogP) is 2.39. The number of hydrogen-bond acceptors (Lipinski definition) is 6. The van der Waals surface area contributed by atoms with Crippen molar-refractivity contribution in [2.24, 2.45) is 0 Å². The lowest BCUT2D eigenvalue weighted by Crippen LogP contribution is -2.21. The molecule has 2 rings (SSSR count). The second-order valence-electron chi connectivity index (χ2n) is 5.39. The van der Waals surface area contributed by atoms with Gasteiger partial charge in [-0.05, 0) is 36.8 Å². The Morgan fingerprint density at radius 2 is 1.65 bits per heavy atom. The average molecular weight is 355 g/mol. The first-order valence-corrected chi connectivity index (χ1v) is 7.65. The van der Waals surface area contributed by atoms with Gasteiger partial charge in [0.2, 0.25) is 0 Å². The molecule has 0 aromatic heterocycles. The summed E-state index contributed by atoms with van der Waals surface area (Å²) in [5.74, 6) is -1.75. The zero-order chi connectivity index (χ0) is 19.1. The highest BCUT2D eigenvalue weighted by Crippen LogP contribution is 2.17. The molecule has 0 atom stereocenters. The molecule has 2 aromatic rings. The summed E-state index contributed by atoms with van der Waals surface area (Å²) in [5.41, 5.74) is 2.11. The Hall–Kier alpha value is -3.48. The van der Waals surface area contributed by atoms with E-state index in [0.717, 1.165) is 5.56 Å². The molecule has 1 N–H and O–H groups in total. The van der Waals surface area contributed by atoms with Crippen LogP contribution in [0.25, 0.3) is 0 Å². The molecular formula is C19H17NO6. The van der Waals surface area contributed by atoms with Crippen molar-refractivity contribution in [2.45, 2.75) is 6.92 Å². The largest absolute Gasteiger partial charge is 0.465 e. The number of rotatable bonds is 6. The summed E-state index contributed by atoms with van der Waals surface area (Å²) in [6, 6.07) is 10.6. The quantitative estimate of drug-likeness (QED) is 0.631. The van der Waals surface area contributed by atoms with Crippen molar-refractivity contribution in [3.8, 4) is 0 Å². The molecule has 26 heavy (non-hydrogen) atoms. The number of carbonyl (C=O) groups is 4. The molecule has 0 aliphatic rings. The van der Waals surface area contributed by atoms with Crippen molar-refractivity contribution in [2.75, 3.05) is 19.0 Å². The fourth-order valence-electron chi connectivity index (χ4n) is 2.10. The molecule has 7 nitrogen and oxygen atoms in total. The molecule has 2 aromatic carbocycles. The Morgan fingerprint density at radius 3 is 2.27 bits per heavy atom. The maximum Gasteiger partial charge on any atom is 0.338 e.